The lowest BCUT2D eigenvalue weighted by Crippen LogP contribution is -2.12. The first-order valence-corrected chi connectivity index (χ1v) is 12.7. The van der Waals surface area contributed by atoms with Gasteiger partial charge in [-0.1, -0.05) is 23.9 Å². The predicted molar refractivity (Wildman–Crippen MR) is 141 cm³/mol. The lowest BCUT2D eigenvalue weighted by Gasteiger charge is -2.11. The Kier molecular flexibility index (Phi) is 6.45. The molecule has 0 radical (unpaired) electrons. The van der Waals surface area contributed by atoms with Crippen molar-refractivity contribution in [1.82, 2.24) is 19.7 Å². The number of nitrogens with zero attached hydrogens (tertiary/aromatic N) is 4. The minimum atomic E-state index is -0.322. The van der Waals surface area contributed by atoms with Gasteiger partial charge < -0.3 is 14.8 Å². The van der Waals surface area contributed by atoms with Crippen LogP contribution in [0.3, 0.4) is 0 Å². The zero-order chi connectivity index (χ0) is 25.9. The first kappa shape index (κ1) is 23.7. The molecule has 0 saturated carbocycles. The second-order valence-electron chi connectivity index (χ2n) is 8.37. The van der Waals surface area contributed by atoms with Crippen LogP contribution in [-0.4, -0.2) is 32.4 Å². The molecule has 1 aliphatic heterocycles. The van der Waals surface area contributed by atoms with Crippen LogP contribution in [0, 0.1) is 5.82 Å². The van der Waals surface area contributed by atoms with Crippen molar-refractivity contribution in [2.45, 2.75) is 10.9 Å². The van der Waals surface area contributed by atoms with Gasteiger partial charge in [0.05, 0.1) is 0 Å². The number of nitrogens with one attached hydrogen (secondary N) is 1. The van der Waals surface area contributed by atoms with E-state index in [0.717, 1.165) is 16.8 Å². The molecule has 5 aromatic rings. The van der Waals surface area contributed by atoms with Crippen LogP contribution in [0.4, 0.5) is 10.1 Å². The summed E-state index contributed by atoms with van der Waals surface area (Å²) in [5.74, 6) is 1.87. The van der Waals surface area contributed by atoms with E-state index >= 15 is 0 Å². The summed E-state index contributed by atoms with van der Waals surface area (Å²) in [4.78, 5) is 17.0. The quantitative estimate of drug-likeness (QED) is 0.271. The predicted octanol–water partition coefficient (Wildman–Crippen LogP) is 5.74. The van der Waals surface area contributed by atoms with Gasteiger partial charge in [0.25, 0.3) is 5.91 Å². The molecule has 3 aromatic carbocycles. The maximum atomic E-state index is 13.6. The van der Waals surface area contributed by atoms with Gasteiger partial charge in [-0.15, -0.1) is 10.2 Å². The summed E-state index contributed by atoms with van der Waals surface area (Å²) in [5.41, 5.74) is 3.66. The summed E-state index contributed by atoms with van der Waals surface area (Å²) in [7, 11) is 0. The van der Waals surface area contributed by atoms with Gasteiger partial charge in [-0.2, -0.15) is 0 Å². The fourth-order valence-electron chi connectivity index (χ4n) is 4.00. The summed E-state index contributed by atoms with van der Waals surface area (Å²) < 4.78 is 26.2. The molecule has 0 unspecified atom stereocenters. The highest BCUT2D eigenvalue weighted by Crippen LogP contribution is 2.34. The molecule has 0 bridgehead atoms. The van der Waals surface area contributed by atoms with Crippen LogP contribution in [0.15, 0.2) is 96.4 Å². The average Bonchev–Trinajstić information content (AvgIpc) is 3.60. The van der Waals surface area contributed by atoms with Gasteiger partial charge in [0.15, 0.2) is 22.5 Å². The third-order valence-electron chi connectivity index (χ3n) is 5.84. The number of ether oxygens (including phenoxy) is 2. The van der Waals surface area contributed by atoms with Gasteiger partial charge in [0, 0.05) is 46.7 Å². The van der Waals surface area contributed by atoms with E-state index in [0.29, 0.717) is 39.5 Å². The van der Waals surface area contributed by atoms with Crippen LogP contribution in [0.2, 0.25) is 0 Å². The van der Waals surface area contributed by atoms with Crippen molar-refractivity contribution in [3.05, 3.63) is 108 Å². The van der Waals surface area contributed by atoms with Crippen molar-refractivity contribution >= 4 is 23.4 Å². The fourth-order valence-corrected chi connectivity index (χ4v) is 4.90. The zero-order valence-corrected chi connectivity index (χ0v) is 20.7. The Morgan fingerprint density at radius 3 is 2.61 bits per heavy atom. The highest BCUT2D eigenvalue weighted by Gasteiger charge is 2.18. The van der Waals surface area contributed by atoms with Crippen LogP contribution in [0.25, 0.3) is 17.1 Å². The molecule has 0 spiro atoms. The Morgan fingerprint density at radius 2 is 1.76 bits per heavy atom. The Labute approximate surface area is 221 Å². The van der Waals surface area contributed by atoms with Crippen LogP contribution in [0.1, 0.15) is 15.9 Å². The molecular formula is C28H20FN5O3S. The van der Waals surface area contributed by atoms with Crippen molar-refractivity contribution < 1.29 is 18.7 Å². The number of halogens is 1. The number of rotatable bonds is 7. The number of carbonyl (C=O) groups excluding carboxylic acids is 1. The Balaban J connectivity index is 1.22. The van der Waals surface area contributed by atoms with Crippen LogP contribution >= 0.6 is 11.8 Å². The Bertz CT molecular complexity index is 1610. The zero-order valence-electron chi connectivity index (χ0n) is 19.9. The maximum Gasteiger partial charge on any atom is 0.255 e. The number of aromatic nitrogens is 4. The van der Waals surface area contributed by atoms with Crippen molar-refractivity contribution in [2.24, 2.45) is 0 Å². The van der Waals surface area contributed by atoms with Crippen molar-refractivity contribution in [2.75, 3.05) is 12.1 Å². The van der Waals surface area contributed by atoms with Gasteiger partial charge in [0.1, 0.15) is 5.82 Å². The standard InChI is InChI=1S/C28H20FN5O3S/c29-21-4-7-23(8-5-21)34-26(19-10-12-30-13-11-19)32-33-28(34)38-16-18-2-1-3-20(14-18)27(35)31-22-6-9-24-25(15-22)37-17-36-24/h1-15H,16-17H2,(H,31,35). The summed E-state index contributed by atoms with van der Waals surface area (Å²) in [6.07, 6.45) is 3.37. The molecule has 3 heterocycles. The summed E-state index contributed by atoms with van der Waals surface area (Å²) in [5, 5.41) is 12.4. The van der Waals surface area contributed by atoms with E-state index < -0.39 is 0 Å². The van der Waals surface area contributed by atoms with Crippen LogP contribution in [-0.2, 0) is 5.75 Å². The molecule has 0 aliphatic carbocycles. The monoisotopic (exact) mass is 525 g/mol. The number of carbonyl (C=O) groups is 1. The highest BCUT2D eigenvalue weighted by molar-refractivity contribution is 7.98. The lowest BCUT2D eigenvalue weighted by atomic mass is 10.1. The molecule has 0 saturated heterocycles. The molecule has 1 amide bonds. The highest BCUT2D eigenvalue weighted by atomic mass is 32.2. The summed E-state index contributed by atoms with van der Waals surface area (Å²) in [6, 6.07) is 22.6. The van der Waals surface area contributed by atoms with Crippen LogP contribution in [0.5, 0.6) is 11.5 Å². The summed E-state index contributed by atoms with van der Waals surface area (Å²) in [6.45, 7) is 0.172. The smallest absolute Gasteiger partial charge is 0.255 e. The van der Waals surface area contributed by atoms with Gasteiger partial charge in [-0.25, -0.2) is 4.39 Å². The number of thioether (sulfide) groups is 1. The topological polar surface area (TPSA) is 91.2 Å². The van der Waals surface area contributed by atoms with E-state index in [2.05, 4.69) is 20.5 Å². The number of amides is 1. The lowest BCUT2D eigenvalue weighted by molar-refractivity contribution is 0.102. The Morgan fingerprint density at radius 1 is 0.947 bits per heavy atom. The third-order valence-corrected chi connectivity index (χ3v) is 6.84. The van der Waals surface area contributed by atoms with E-state index in [9.17, 15) is 9.18 Å². The minimum absolute atomic E-state index is 0.172. The number of benzene rings is 3. The van der Waals surface area contributed by atoms with Gasteiger partial charge in [0.2, 0.25) is 6.79 Å². The van der Waals surface area contributed by atoms with E-state index in [1.807, 2.05) is 34.9 Å². The number of fused-ring (bicyclic) bond motifs is 1. The van der Waals surface area contributed by atoms with E-state index in [4.69, 9.17) is 9.47 Å². The first-order valence-electron chi connectivity index (χ1n) is 11.7. The molecular weight excluding hydrogens is 505 g/mol. The SMILES string of the molecule is O=C(Nc1ccc2c(c1)OCO2)c1cccc(CSc2nnc(-c3ccncc3)n2-c2ccc(F)cc2)c1. The Hall–Kier alpha value is -4.70. The van der Waals surface area contributed by atoms with Crippen molar-refractivity contribution in [1.29, 1.82) is 0 Å². The van der Waals surface area contributed by atoms with Crippen LogP contribution < -0.4 is 14.8 Å². The molecule has 6 rings (SSSR count). The average molecular weight is 526 g/mol. The molecule has 8 nitrogen and oxygen atoms in total. The normalized spacial score (nSPS) is 11.9. The first-order chi connectivity index (χ1) is 18.6. The molecule has 1 N–H and O–H groups in total. The fraction of sp³-hybridized carbons (Fsp3) is 0.0714. The molecule has 0 atom stereocenters. The second kappa shape index (κ2) is 10.3. The van der Waals surface area contributed by atoms with Crippen molar-refractivity contribution in [3.63, 3.8) is 0 Å². The summed E-state index contributed by atoms with van der Waals surface area (Å²) >= 11 is 1.47. The second-order valence-corrected chi connectivity index (χ2v) is 9.31. The van der Waals surface area contributed by atoms with Gasteiger partial charge in [-0.3, -0.25) is 14.3 Å². The number of pyridine rings is 1. The largest absolute Gasteiger partial charge is 0.454 e. The molecule has 2 aromatic heterocycles. The number of hydrogen-bond acceptors (Lipinski definition) is 7. The van der Waals surface area contributed by atoms with E-state index in [1.54, 1.807) is 48.8 Å². The van der Waals surface area contributed by atoms with Gasteiger partial charge in [-0.05, 0) is 66.2 Å². The number of hydrogen-bond donors (Lipinski definition) is 1. The number of anilines is 1. The molecule has 38 heavy (non-hydrogen) atoms. The third kappa shape index (κ3) is 4.94. The van der Waals surface area contributed by atoms with Crippen molar-refractivity contribution in [3.8, 4) is 28.6 Å². The molecule has 0 fully saturated rings. The maximum absolute atomic E-state index is 13.6. The molecule has 188 valence electrons. The minimum Gasteiger partial charge on any atom is -0.454 e. The van der Waals surface area contributed by atoms with E-state index in [1.165, 1.54) is 23.9 Å². The van der Waals surface area contributed by atoms with Gasteiger partial charge >= 0.3 is 0 Å². The molecule has 10 heteroatoms. The van der Waals surface area contributed by atoms with E-state index in [-0.39, 0.29) is 18.5 Å². The molecule has 1 aliphatic rings.